The summed E-state index contributed by atoms with van der Waals surface area (Å²) in [4.78, 5) is 0. The van der Waals surface area contributed by atoms with Gasteiger partial charge in [-0.1, -0.05) is 40.0 Å². The van der Waals surface area contributed by atoms with Gasteiger partial charge in [0.05, 0.1) is 31.5 Å². The molecule has 4 unspecified atom stereocenters. The van der Waals surface area contributed by atoms with Crippen LogP contribution in [0.4, 0.5) is 0 Å². The molecule has 4 atom stereocenters. The van der Waals surface area contributed by atoms with Crippen LogP contribution in [-0.4, -0.2) is 36.6 Å². The first-order valence-electron chi connectivity index (χ1n) is 7.42. The summed E-state index contributed by atoms with van der Waals surface area (Å²) in [6.07, 6.45) is 5.03. The van der Waals surface area contributed by atoms with Crippen molar-refractivity contribution >= 4 is 0 Å². The van der Waals surface area contributed by atoms with Crippen molar-refractivity contribution in [2.45, 2.75) is 78.6 Å². The summed E-state index contributed by atoms with van der Waals surface area (Å²) in [5.74, 6) is 0.592. The number of rotatable bonds is 11. The standard InChI is InChI=1S/C15H32O3/c1-6-8-9-15(12(3)7-2)18-14(5)11-17-13(4)10-16/h12-16H,6-11H2,1-5H3. The second-order valence-corrected chi connectivity index (χ2v) is 5.34. The number of hydrogen-bond acceptors (Lipinski definition) is 3. The maximum absolute atomic E-state index is 8.91. The van der Waals surface area contributed by atoms with Gasteiger partial charge in [0, 0.05) is 0 Å². The average Bonchev–Trinajstić information content (AvgIpc) is 2.39. The van der Waals surface area contributed by atoms with Crippen molar-refractivity contribution < 1.29 is 14.6 Å². The van der Waals surface area contributed by atoms with Gasteiger partial charge >= 0.3 is 0 Å². The molecule has 0 aliphatic rings. The Bertz CT molecular complexity index is 185. The molecule has 0 aromatic heterocycles. The molecule has 18 heavy (non-hydrogen) atoms. The lowest BCUT2D eigenvalue weighted by Gasteiger charge is -2.27. The summed E-state index contributed by atoms with van der Waals surface area (Å²) < 4.78 is 11.6. The van der Waals surface area contributed by atoms with Crippen molar-refractivity contribution in [1.82, 2.24) is 0 Å². The number of aliphatic hydroxyl groups excluding tert-OH is 1. The molecule has 0 rings (SSSR count). The highest BCUT2D eigenvalue weighted by Gasteiger charge is 2.19. The summed E-state index contributed by atoms with van der Waals surface area (Å²) in [5, 5.41) is 8.91. The van der Waals surface area contributed by atoms with E-state index < -0.39 is 0 Å². The second-order valence-electron chi connectivity index (χ2n) is 5.34. The molecule has 0 saturated heterocycles. The minimum absolute atomic E-state index is 0.0668. The van der Waals surface area contributed by atoms with E-state index in [0.717, 1.165) is 12.8 Å². The first-order chi connectivity index (χ1) is 8.54. The zero-order valence-electron chi connectivity index (χ0n) is 12.8. The first kappa shape index (κ1) is 17.9. The minimum Gasteiger partial charge on any atom is -0.394 e. The highest BCUT2D eigenvalue weighted by Crippen LogP contribution is 2.19. The van der Waals surface area contributed by atoms with Gasteiger partial charge < -0.3 is 14.6 Å². The van der Waals surface area contributed by atoms with Crippen LogP contribution in [0, 0.1) is 5.92 Å². The van der Waals surface area contributed by atoms with Crippen LogP contribution < -0.4 is 0 Å². The Morgan fingerprint density at radius 2 is 1.72 bits per heavy atom. The van der Waals surface area contributed by atoms with E-state index in [0.29, 0.717) is 18.6 Å². The van der Waals surface area contributed by atoms with E-state index in [9.17, 15) is 0 Å². The average molecular weight is 260 g/mol. The highest BCUT2D eigenvalue weighted by atomic mass is 16.5. The van der Waals surface area contributed by atoms with Crippen LogP contribution in [0.3, 0.4) is 0 Å². The van der Waals surface area contributed by atoms with Gasteiger partial charge in [0.1, 0.15) is 0 Å². The number of unbranched alkanes of at least 4 members (excludes halogenated alkanes) is 1. The molecule has 110 valence electrons. The Morgan fingerprint density at radius 1 is 1.06 bits per heavy atom. The van der Waals surface area contributed by atoms with Crippen molar-refractivity contribution in [3.05, 3.63) is 0 Å². The lowest BCUT2D eigenvalue weighted by Crippen LogP contribution is -2.30. The Labute approximate surface area is 113 Å². The van der Waals surface area contributed by atoms with E-state index in [1.165, 1.54) is 12.8 Å². The maximum Gasteiger partial charge on any atom is 0.0784 e. The number of ether oxygens (including phenoxy) is 2. The SMILES string of the molecule is CCCCC(OC(C)COC(C)CO)C(C)CC. The topological polar surface area (TPSA) is 38.7 Å². The van der Waals surface area contributed by atoms with Crippen molar-refractivity contribution in [3.63, 3.8) is 0 Å². The molecule has 1 N–H and O–H groups in total. The molecular weight excluding hydrogens is 228 g/mol. The third-order valence-electron chi connectivity index (χ3n) is 3.40. The second kappa shape index (κ2) is 10.8. The van der Waals surface area contributed by atoms with Gasteiger partial charge in [0.25, 0.3) is 0 Å². The highest BCUT2D eigenvalue weighted by molar-refractivity contribution is 4.67. The molecule has 0 heterocycles. The molecule has 0 bridgehead atoms. The van der Waals surface area contributed by atoms with Crippen molar-refractivity contribution in [2.75, 3.05) is 13.2 Å². The van der Waals surface area contributed by atoms with Gasteiger partial charge in [0.2, 0.25) is 0 Å². The fourth-order valence-corrected chi connectivity index (χ4v) is 1.85. The van der Waals surface area contributed by atoms with Crippen molar-refractivity contribution in [3.8, 4) is 0 Å². The normalized spacial score (nSPS) is 18.3. The first-order valence-corrected chi connectivity index (χ1v) is 7.42. The molecule has 3 nitrogen and oxygen atoms in total. The van der Waals surface area contributed by atoms with Crippen molar-refractivity contribution in [1.29, 1.82) is 0 Å². The Morgan fingerprint density at radius 3 is 2.22 bits per heavy atom. The van der Waals surface area contributed by atoms with E-state index >= 15 is 0 Å². The summed E-state index contributed by atoms with van der Waals surface area (Å²) in [6, 6.07) is 0. The molecule has 0 radical (unpaired) electrons. The molecule has 0 aromatic carbocycles. The molecule has 3 heteroatoms. The molecule has 0 fully saturated rings. The molecular formula is C15H32O3. The fourth-order valence-electron chi connectivity index (χ4n) is 1.85. The Hall–Kier alpha value is -0.120. The predicted octanol–water partition coefficient (Wildman–Crippen LogP) is 3.39. The fraction of sp³-hybridized carbons (Fsp3) is 1.00. The van der Waals surface area contributed by atoms with Crippen LogP contribution in [0.15, 0.2) is 0 Å². The van der Waals surface area contributed by atoms with Crippen LogP contribution in [-0.2, 0) is 9.47 Å². The summed E-state index contributed by atoms with van der Waals surface area (Å²) in [6.45, 7) is 11.2. The summed E-state index contributed by atoms with van der Waals surface area (Å²) in [5.41, 5.74) is 0. The van der Waals surface area contributed by atoms with Gasteiger partial charge in [-0.05, 0) is 26.2 Å². The van der Waals surface area contributed by atoms with Gasteiger partial charge in [-0.3, -0.25) is 0 Å². The quantitative estimate of drug-likeness (QED) is 0.619. The predicted molar refractivity (Wildman–Crippen MR) is 75.8 cm³/mol. The zero-order valence-corrected chi connectivity index (χ0v) is 12.8. The van der Waals surface area contributed by atoms with Crippen LogP contribution in [0.5, 0.6) is 0 Å². The lowest BCUT2D eigenvalue weighted by atomic mass is 9.97. The Kier molecular flexibility index (Phi) is 10.7. The number of aliphatic hydroxyl groups is 1. The van der Waals surface area contributed by atoms with E-state index in [1.807, 2.05) is 13.8 Å². The molecule has 0 amide bonds. The van der Waals surface area contributed by atoms with E-state index in [1.54, 1.807) is 0 Å². The van der Waals surface area contributed by atoms with Crippen LogP contribution in [0.1, 0.15) is 60.3 Å². The largest absolute Gasteiger partial charge is 0.394 e. The molecule has 0 aliphatic heterocycles. The lowest BCUT2D eigenvalue weighted by molar-refractivity contribution is -0.0889. The summed E-state index contributed by atoms with van der Waals surface area (Å²) in [7, 11) is 0. The molecule has 0 aromatic rings. The summed E-state index contributed by atoms with van der Waals surface area (Å²) >= 11 is 0. The third-order valence-corrected chi connectivity index (χ3v) is 3.40. The Balaban J connectivity index is 4.04. The van der Waals surface area contributed by atoms with Gasteiger partial charge in [-0.25, -0.2) is 0 Å². The smallest absolute Gasteiger partial charge is 0.0784 e. The minimum atomic E-state index is -0.103. The molecule has 0 saturated carbocycles. The molecule has 0 spiro atoms. The monoisotopic (exact) mass is 260 g/mol. The van der Waals surface area contributed by atoms with Gasteiger partial charge in [0.15, 0.2) is 0 Å². The van der Waals surface area contributed by atoms with Crippen LogP contribution in [0.2, 0.25) is 0 Å². The van der Waals surface area contributed by atoms with Crippen LogP contribution in [0.25, 0.3) is 0 Å². The molecule has 0 aliphatic carbocycles. The van der Waals surface area contributed by atoms with E-state index in [4.69, 9.17) is 14.6 Å². The third kappa shape index (κ3) is 8.06. The van der Waals surface area contributed by atoms with E-state index in [-0.39, 0.29) is 18.8 Å². The van der Waals surface area contributed by atoms with Crippen LogP contribution >= 0.6 is 0 Å². The van der Waals surface area contributed by atoms with Gasteiger partial charge in [-0.2, -0.15) is 0 Å². The number of hydrogen-bond donors (Lipinski definition) is 1. The van der Waals surface area contributed by atoms with E-state index in [2.05, 4.69) is 20.8 Å². The van der Waals surface area contributed by atoms with Crippen molar-refractivity contribution in [2.24, 2.45) is 5.92 Å². The van der Waals surface area contributed by atoms with Gasteiger partial charge in [-0.15, -0.1) is 0 Å². The maximum atomic E-state index is 8.91. The zero-order chi connectivity index (χ0) is 14.0.